The van der Waals surface area contributed by atoms with Crippen LogP contribution >= 0.6 is 0 Å². The van der Waals surface area contributed by atoms with Gasteiger partial charge >= 0.3 is 12.1 Å². The third kappa shape index (κ3) is 6.33. The maximum Gasteiger partial charge on any atom is 0.319 e. The van der Waals surface area contributed by atoms with Crippen LogP contribution in [0.5, 0.6) is 0 Å². The summed E-state index contributed by atoms with van der Waals surface area (Å²) in [5.74, 6) is 0. The van der Waals surface area contributed by atoms with E-state index in [1.807, 2.05) is 4.90 Å². The van der Waals surface area contributed by atoms with Gasteiger partial charge in [0.05, 0.1) is 4.90 Å². The van der Waals surface area contributed by atoms with Crippen molar-refractivity contribution in [2.24, 2.45) is 5.14 Å². The van der Waals surface area contributed by atoms with Crippen molar-refractivity contribution in [1.82, 2.24) is 15.5 Å². The van der Waals surface area contributed by atoms with E-state index in [-0.39, 0.29) is 23.0 Å². The SMILES string of the molecule is NS(=O)(=O)c1ccc(NC(=O)NC2CCN(C(=O)NC3CCCCC3)CC2)cc1. The Hall–Kier alpha value is -2.33. The van der Waals surface area contributed by atoms with Gasteiger partial charge in [-0.15, -0.1) is 0 Å². The molecule has 4 amide bonds. The van der Waals surface area contributed by atoms with Gasteiger partial charge in [-0.1, -0.05) is 19.3 Å². The molecule has 1 aliphatic carbocycles. The van der Waals surface area contributed by atoms with E-state index in [0.717, 1.165) is 12.8 Å². The molecule has 3 rings (SSSR count). The highest BCUT2D eigenvalue weighted by molar-refractivity contribution is 7.89. The molecule has 2 aliphatic rings. The number of rotatable bonds is 4. The zero-order valence-corrected chi connectivity index (χ0v) is 17.2. The van der Waals surface area contributed by atoms with Crippen molar-refractivity contribution in [3.8, 4) is 0 Å². The number of carbonyl (C=O) groups excluding carboxylic acids is 2. The lowest BCUT2D eigenvalue weighted by atomic mass is 9.95. The number of piperidine rings is 1. The molecule has 5 N–H and O–H groups in total. The van der Waals surface area contributed by atoms with E-state index in [0.29, 0.717) is 37.7 Å². The van der Waals surface area contributed by atoms with Crippen molar-refractivity contribution in [3.63, 3.8) is 0 Å². The molecule has 0 bridgehead atoms. The summed E-state index contributed by atoms with van der Waals surface area (Å²) in [7, 11) is -3.76. The number of urea groups is 2. The van der Waals surface area contributed by atoms with Gasteiger partial charge in [-0.2, -0.15) is 0 Å². The molecule has 9 nitrogen and oxygen atoms in total. The zero-order valence-electron chi connectivity index (χ0n) is 16.4. The van der Waals surface area contributed by atoms with E-state index >= 15 is 0 Å². The summed E-state index contributed by atoms with van der Waals surface area (Å²) in [6, 6.07) is 5.56. The van der Waals surface area contributed by atoms with E-state index in [1.54, 1.807) is 0 Å². The molecular formula is C19H29N5O4S. The molecule has 10 heteroatoms. The second-order valence-corrected chi connectivity index (χ2v) is 9.28. The van der Waals surface area contributed by atoms with Crippen LogP contribution in [0.4, 0.5) is 15.3 Å². The van der Waals surface area contributed by atoms with Crippen molar-refractivity contribution in [1.29, 1.82) is 0 Å². The van der Waals surface area contributed by atoms with Crippen LogP contribution in [0.15, 0.2) is 29.2 Å². The molecule has 1 aliphatic heterocycles. The summed E-state index contributed by atoms with van der Waals surface area (Å²) in [5, 5.41) is 13.8. The second-order valence-electron chi connectivity index (χ2n) is 7.71. The Labute approximate surface area is 171 Å². The molecule has 0 spiro atoms. The summed E-state index contributed by atoms with van der Waals surface area (Å²) < 4.78 is 22.5. The van der Waals surface area contributed by atoms with Crippen LogP contribution in [0.2, 0.25) is 0 Å². The van der Waals surface area contributed by atoms with Crippen LogP contribution in [0.1, 0.15) is 44.9 Å². The van der Waals surface area contributed by atoms with E-state index in [9.17, 15) is 18.0 Å². The topological polar surface area (TPSA) is 134 Å². The van der Waals surface area contributed by atoms with E-state index in [1.165, 1.54) is 43.5 Å². The zero-order chi connectivity index (χ0) is 20.9. The summed E-state index contributed by atoms with van der Waals surface area (Å²) in [6.45, 7) is 1.21. The Kier molecular flexibility index (Phi) is 6.96. The number of nitrogens with one attached hydrogen (secondary N) is 3. The van der Waals surface area contributed by atoms with Crippen LogP contribution in [0.25, 0.3) is 0 Å². The smallest absolute Gasteiger partial charge is 0.319 e. The number of carbonyl (C=O) groups is 2. The molecule has 0 unspecified atom stereocenters. The van der Waals surface area contributed by atoms with Crippen molar-refractivity contribution < 1.29 is 18.0 Å². The van der Waals surface area contributed by atoms with Crippen molar-refractivity contribution in [2.45, 2.75) is 61.9 Å². The first-order valence-corrected chi connectivity index (χ1v) is 11.6. The number of nitrogens with zero attached hydrogens (tertiary/aromatic N) is 1. The Balaban J connectivity index is 1.40. The highest BCUT2D eigenvalue weighted by Crippen LogP contribution is 2.18. The first-order valence-electron chi connectivity index (χ1n) is 10.1. The lowest BCUT2D eigenvalue weighted by molar-refractivity contribution is 0.170. The van der Waals surface area contributed by atoms with Gasteiger partial charge in [-0.05, 0) is 49.9 Å². The minimum Gasteiger partial charge on any atom is -0.335 e. The number of sulfonamides is 1. The van der Waals surface area contributed by atoms with Gasteiger partial charge in [0.25, 0.3) is 0 Å². The normalized spacial score (nSPS) is 18.9. The molecule has 160 valence electrons. The number of anilines is 1. The number of hydrogen-bond acceptors (Lipinski definition) is 4. The highest BCUT2D eigenvalue weighted by Gasteiger charge is 2.25. The van der Waals surface area contributed by atoms with Gasteiger partial charge in [0.2, 0.25) is 10.0 Å². The first kappa shape index (κ1) is 21.4. The van der Waals surface area contributed by atoms with Gasteiger partial charge in [0, 0.05) is 30.9 Å². The van der Waals surface area contributed by atoms with Crippen molar-refractivity contribution >= 4 is 27.8 Å². The Morgan fingerprint density at radius 2 is 1.48 bits per heavy atom. The predicted octanol–water partition coefficient (Wildman–Crippen LogP) is 1.96. The fourth-order valence-corrected chi connectivity index (χ4v) is 4.34. The number of nitrogens with two attached hydrogens (primary N) is 1. The first-order chi connectivity index (χ1) is 13.8. The van der Waals surface area contributed by atoms with E-state index in [4.69, 9.17) is 5.14 Å². The maximum atomic E-state index is 12.4. The number of likely N-dealkylation sites (tertiary alicyclic amines) is 1. The highest BCUT2D eigenvalue weighted by atomic mass is 32.2. The van der Waals surface area contributed by atoms with Gasteiger partial charge in [-0.3, -0.25) is 0 Å². The Morgan fingerprint density at radius 3 is 2.07 bits per heavy atom. The molecule has 1 heterocycles. The van der Waals surface area contributed by atoms with Crippen LogP contribution in [0, 0.1) is 0 Å². The number of benzene rings is 1. The number of primary sulfonamides is 1. The molecule has 0 aromatic heterocycles. The monoisotopic (exact) mass is 423 g/mol. The number of amides is 4. The van der Waals surface area contributed by atoms with Crippen LogP contribution < -0.4 is 21.1 Å². The molecule has 29 heavy (non-hydrogen) atoms. The minimum absolute atomic E-state index is 0.00486. The molecule has 1 aromatic rings. The quantitative estimate of drug-likeness (QED) is 0.589. The minimum atomic E-state index is -3.76. The third-order valence-electron chi connectivity index (χ3n) is 5.49. The van der Waals surface area contributed by atoms with Crippen LogP contribution in [-0.2, 0) is 10.0 Å². The Bertz CT molecular complexity index is 814. The van der Waals surface area contributed by atoms with Crippen LogP contribution in [0.3, 0.4) is 0 Å². The Morgan fingerprint density at radius 1 is 0.897 bits per heavy atom. The largest absolute Gasteiger partial charge is 0.335 e. The summed E-state index contributed by atoms with van der Waals surface area (Å²) in [4.78, 5) is 26.4. The van der Waals surface area contributed by atoms with Gasteiger partial charge in [0.1, 0.15) is 0 Å². The molecule has 2 fully saturated rings. The average Bonchev–Trinajstić information content (AvgIpc) is 2.69. The molecule has 0 atom stereocenters. The van der Waals surface area contributed by atoms with Gasteiger partial charge < -0.3 is 20.9 Å². The maximum absolute atomic E-state index is 12.4. The fourth-order valence-electron chi connectivity index (χ4n) is 3.82. The summed E-state index contributed by atoms with van der Waals surface area (Å²) in [5.41, 5.74) is 0.471. The van der Waals surface area contributed by atoms with E-state index in [2.05, 4.69) is 16.0 Å². The lowest BCUT2D eigenvalue weighted by Gasteiger charge is -2.34. The van der Waals surface area contributed by atoms with Crippen LogP contribution in [-0.4, -0.2) is 50.6 Å². The summed E-state index contributed by atoms with van der Waals surface area (Å²) >= 11 is 0. The lowest BCUT2D eigenvalue weighted by Crippen LogP contribution is -2.52. The molecular weight excluding hydrogens is 394 g/mol. The van der Waals surface area contributed by atoms with E-state index < -0.39 is 10.0 Å². The average molecular weight is 424 g/mol. The third-order valence-corrected chi connectivity index (χ3v) is 6.42. The second kappa shape index (κ2) is 9.45. The van der Waals surface area contributed by atoms with Gasteiger partial charge in [-0.25, -0.2) is 23.1 Å². The molecule has 0 radical (unpaired) electrons. The molecule has 1 saturated heterocycles. The number of hydrogen-bond donors (Lipinski definition) is 4. The van der Waals surface area contributed by atoms with Gasteiger partial charge in [0.15, 0.2) is 0 Å². The molecule has 1 saturated carbocycles. The fraction of sp³-hybridized carbons (Fsp3) is 0.579. The van der Waals surface area contributed by atoms with Crippen molar-refractivity contribution in [2.75, 3.05) is 18.4 Å². The molecule has 1 aromatic carbocycles. The standard InChI is InChI=1S/C19H29N5O4S/c20-29(27,28)17-8-6-15(7-9-17)21-18(25)22-16-10-12-24(13-11-16)19(26)23-14-4-2-1-3-5-14/h6-9,14,16H,1-5,10-13H2,(H,23,26)(H2,20,27,28)(H2,21,22,25). The predicted molar refractivity (Wildman–Crippen MR) is 110 cm³/mol. The summed E-state index contributed by atoms with van der Waals surface area (Å²) in [6.07, 6.45) is 7.10. The van der Waals surface area contributed by atoms with Crippen molar-refractivity contribution in [3.05, 3.63) is 24.3 Å².